The molecule has 0 aliphatic carbocycles. The van der Waals surface area contributed by atoms with Crippen molar-refractivity contribution in [2.24, 2.45) is 5.73 Å². The minimum Gasteiger partial charge on any atom is -0.329 e. The number of nitrogens with zero attached hydrogens (tertiary/aromatic N) is 1. The summed E-state index contributed by atoms with van der Waals surface area (Å²) in [6.45, 7) is 10.4. The van der Waals surface area contributed by atoms with Crippen molar-refractivity contribution in [1.29, 1.82) is 0 Å². The monoisotopic (exact) mass is 264 g/mol. The highest BCUT2D eigenvalue weighted by molar-refractivity contribution is 7.91. The zero-order valence-electron chi connectivity index (χ0n) is 11.7. The molecule has 5 heteroatoms. The molecule has 0 fully saturated rings. The van der Waals surface area contributed by atoms with Crippen LogP contribution in [0.15, 0.2) is 0 Å². The molecule has 0 bridgehead atoms. The summed E-state index contributed by atoms with van der Waals surface area (Å²) in [5, 5.41) is 0. The van der Waals surface area contributed by atoms with Gasteiger partial charge in [-0.1, -0.05) is 13.8 Å². The Labute approximate surface area is 106 Å². The average molecular weight is 264 g/mol. The molecular weight excluding hydrogens is 236 g/mol. The van der Waals surface area contributed by atoms with Crippen LogP contribution in [0.2, 0.25) is 0 Å². The molecule has 0 saturated heterocycles. The lowest BCUT2D eigenvalue weighted by atomic mass is 10.0. The van der Waals surface area contributed by atoms with E-state index in [9.17, 15) is 8.42 Å². The number of rotatable bonds is 9. The van der Waals surface area contributed by atoms with E-state index in [4.69, 9.17) is 5.73 Å². The van der Waals surface area contributed by atoms with Crippen molar-refractivity contribution in [2.75, 3.05) is 31.1 Å². The van der Waals surface area contributed by atoms with Gasteiger partial charge in [-0.25, -0.2) is 8.42 Å². The summed E-state index contributed by atoms with van der Waals surface area (Å²) >= 11 is 0. The summed E-state index contributed by atoms with van der Waals surface area (Å²) < 4.78 is 22.8. The van der Waals surface area contributed by atoms with Gasteiger partial charge in [0, 0.05) is 17.8 Å². The summed E-state index contributed by atoms with van der Waals surface area (Å²) in [7, 11) is -2.84. The molecule has 0 spiro atoms. The lowest BCUT2D eigenvalue weighted by Crippen LogP contribution is -2.50. The van der Waals surface area contributed by atoms with Crippen molar-refractivity contribution in [1.82, 2.24) is 4.90 Å². The Bertz CT molecular complexity index is 300. The van der Waals surface area contributed by atoms with Crippen LogP contribution in [0, 0.1) is 0 Å². The molecule has 0 aromatic carbocycles. The van der Waals surface area contributed by atoms with Gasteiger partial charge >= 0.3 is 0 Å². The number of hydrogen-bond donors (Lipinski definition) is 1. The second kappa shape index (κ2) is 7.34. The Hall–Kier alpha value is -0.130. The first kappa shape index (κ1) is 16.9. The molecule has 0 unspecified atom stereocenters. The zero-order valence-corrected chi connectivity index (χ0v) is 12.5. The van der Waals surface area contributed by atoms with E-state index in [0.717, 1.165) is 19.5 Å². The summed E-state index contributed by atoms with van der Waals surface area (Å²) in [6, 6.07) is 0. The van der Waals surface area contributed by atoms with Crippen molar-refractivity contribution in [3.8, 4) is 0 Å². The van der Waals surface area contributed by atoms with E-state index < -0.39 is 9.84 Å². The Kier molecular flexibility index (Phi) is 7.28. The van der Waals surface area contributed by atoms with E-state index in [2.05, 4.69) is 25.7 Å². The number of hydrogen-bond acceptors (Lipinski definition) is 4. The van der Waals surface area contributed by atoms with E-state index in [1.807, 2.05) is 0 Å². The molecule has 4 nitrogen and oxygen atoms in total. The Morgan fingerprint density at radius 3 is 2.18 bits per heavy atom. The van der Waals surface area contributed by atoms with Crippen LogP contribution in [-0.4, -0.2) is 50.0 Å². The van der Waals surface area contributed by atoms with Crippen molar-refractivity contribution >= 4 is 9.84 Å². The molecule has 0 aliphatic heterocycles. The van der Waals surface area contributed by atoms with Gasteiger partial charge in [0.2, 0.25) is 0 Å². The Morgan fingerprint density at radius 1 is 1.18 bits per heavy atom. The molecule has 0 amide bonds. The normalized spacial score (nSPS) is 13.3. The van der Waals surface area contributed by atoms with Gasteiger partial charge in [-0.05, 0) is 39.8 Å². The predicted molar refractivity (Wildman–Crippen MR) is 73.9 cm³/mol. The third kappa shape index (κ3) is 6.38. The van der Waals surface area contributed by atoms with Crippen LogP contribution in [0.3, 0.4) is 0 Å². The van der Waals surface area contributed by atoms with Gasteiger partial charge in [0.05, 0.1) is 5.75 Å². The van der Waals surface area contributed by atoms with Gasteiger partial charge in [0.1, 0.15) is 9.84 Å². The van der Waals surface area contributed by atoms with Crippen LogP contribution in [-0.2, 0) is 9.84 Å². The van der Waals surface area contributed by atoms with Gasteiger partial charge in [0.25, 0.3) is 0 Å². The van der Waals surface area contributed by atoms with E-state index in [-0.39, 0.29) is 17.0 Å². The maximum Gasteiger partial charge on any atom is 0.150 e. The fraction of sp³-hybridized carbons (Fsp3) is 1.00. The van der Waals surface area contributed by atoms with Gasteiger partial charge < -0.3 is 5.73 Å². The molecule has 104 valence electrons. The minimum atomic E-state index is -2.84. The molecule has 0 aromatic rings. The van der Waals surface area contributed by atoms with E-state index in [0.29, 0.717) is 13.0 Å². The van der Waals surface area contributed by atoms with Crippen LogP contribution in [0.5, 0.6) is 0 Å². The first-order valence-corrected chi connectivity index (χ1v) is 8.26. The summed E-state index contributed by atoms with van der Waals surface area (Å²) in [5.74, 6) is 0.519. The molecule has 0 rings (SSSR count). The minimum absolute atomic E-state index is 0.0496. The van der Waals surface area contributed by atoms with E-state index in [1.165, 1.54) is 0 Å². The van der Waals surface area contributed by atoms with Crippen molar-refractivity contribution in [2.45, 2.75) is 46.1 Å². The highest BCUT2D eigenvalue weighted by atomic mass is 32.2. The third-order valence-corrected chi connectivity index (χ3v) is 4.96. The lowest BCUT2D eigenvalue weighted by Gasteiger charge is -2.37. The maximum absolute atomic E-state index is 11.4. The summed E-state index contributed by atoms with van der Waals surface area (Å²) in [4.78, 5) is 2.29. The smallest absolute Gasteiger partial charge is 0.150 e. The maximum atomic E-state index is 11.4. The SMILES string of the molecule is CCCN(CCCS(=O)(=O)CC)C(C)(C)CN. The molecule has 0 aliphatic rings. The predicted octanol–water partition coefficient (Wildman–Crippen LogP) is 1.26. The second-order valence-electron chi connectivity index (χ2n) is 5.09. The summed E-state index contributed by atoms with van der Waals surface area (Å²) in [5.41, 5.74) is 5.71. The molecule has 0 saturated carbocycles. The highest BCUT2D eigenvalue weighted by Gasteiger charge is 2.24. The molecule has 0 aromatic heterocycles. The fourth-order valence-corrected chi connectivity index (χ4v) is 2.59. The van der Waals surface area contributed by atoms with Crippen molar-refractivity contribution in [3.05, 3.63) is 0 Å². The third-order valence-electron chi connectivity index (χ3n) is 3.17. The Balaban J connectivity index is 4.29. The van der Waals surface area contributed by atoms with Crippen LogP contribution >= 0.6 is 0 Å². The topological polar surface area (TPSA) is 63.4 Å². The van der Waals surface area contributed by atoms with Crippen LogP contribution in [0.4, 0.5) is 0 Å². The van der Waals surface area contributed by atoms with Gasteiger partial charge in [-0.15, -0.1) is 0 Å². The first-order chi connectivity index (χ1) is 7.79. The van der Waals surface area contributed by atoms with Gasteiger partial charge in [-0.3, -0.25) is 4.90 Å². The number of sulfone groups is 1. The van der Waals surface area contributed by atoms with Crippen molar-refractivity contribution in [3.63, 3.8) is 0 Å². The quantitative estimate of drug-likeness (QED) is 0.681. The standard InChI is InChI=1S/C12H28N2O2S/c1-5-8-14(12(3,4)11-13)9-7-10-17(15,16)6-2/h5-11,13H2,1-4H3. The van der Waals surface area contributed by atoms with Crippen molar-refractivity contribution < 1.29 is 8.42 Å². The van der Waals surface area contributed by atoms with Crippen LogP contribution < -0.4 is 5.73 Å². The summed E-state index contributed by atoms with van der Waals surface area (Å²) in [6.07, 6.45) is 1.75. The van der Waals surface area contributed by atoms with Gasteiger partial charge in [0.15, 0.2) is 0 Å². The first-order valence-electron chi connectivity index (χ1n) is 6.44. The molecule has 0 atom stereocenters. The number of nitrogens with two attached hydrogens (primary N) is 1. The molecule has 0 heterocycles. The highest BCUT2D eigenvalue weighted by Crippen LogP contribution is 2.14. The average Bonchev–Trinajstić information content (AvgIpc) is 2.28. The molecule has 17 heavy (non-hydrogen) atoms. The van der Waals surface area contributed by atoms with E-state index >= 15 is 0 Å². The fourth-order valence-electron chi connectivity index (χ4n) is 1.74. The van der Waals surface area contributed by atoms with Crippen LogP contribution in [0.1, 0.15) is 40.5 Å². The Morgan fingerprint density at radius 2 is 1.76 bits per heavy atom. The zero-order chi connectivity index (χ0) is 13.5. The second-order valence-corrected chi connectivity index (χ2v) is 7.57. The van der Waals surface area contributed by atoms with E-state index in [1.54, 1.807) is 6.92 Å². The molecule has 0 radical (unpaired) electrons. The largest absolute Gasteiger partial charge is 0.329 e. The molecule has 2 N–H and O–H groups in total. The molecular formula is C12H28N2O2S. The lowest BCUT2D eigenvalue weighted by molar-refractivity contribution is 0.127. The van der Waals surface area contributed by atoms with Crippen LogP contribution in [0.25, 0.3) is 0 Å². The van der Waals surface area contributed by atoms with Gasteiger partial charge in [-0.2, -0.15) is 0 Å².